The highest BCUT2D eigenvalue weighted by atomic mass is 32.2. The molecule has 2 aromatic rings. The number of benzene rings is 1. The molecule has 3 nitrogen and oxygen atoms in total. The summed E-state index contributed by atoms with van der Waals surface area (Å²) in [5.41, 5.74) is 1.84. The van der Waals surface area contributed by atoms with E-state index < -0.39 is 0 Å². The van der Waals surface area contributed by atoms with Crippen molar-refractivity contribution in [2.24, 2.45) is 0 Å². The summed E-state index contributed by atoms with van der Waals surface area (Å²) in [4.78, 5) is 17.8. The van der Waals surface area contributed by atoms with E-state index in [1.807, 2.05) is 31.2 Å². The minimum absolute atomic E-state index is 0.0142. The molecule has 1 heterocycles. The van der Waals surface area contributed by atoms with Gasteiger partial charge in [-0.2, -0.15) is 0 Å². The minimum atomic E-state index is 0.0142. The van der Waals surface area contributed by atoms with Crippen LogP contribution in [0.5, 0.6) is 0 Å². The van der Waals surface area contributed by atoms with Gasteiger partial charge < -0.3 is 5.32 Å². The Hall–Kier alpha value is -1.33. The molecule has 0 unspecified atom stereocenters. The highest BCUT2D eigenvalue weighted by Crippen LogP contribution is 2.23. The Labute approximate surface area is 140 Å². The molecule has 0 fully saturated rings. The van der Waals surface area contributed by atoms with E-state index in [1.54, 1.807) is 23.1 Å². The van der Waals surface area contributed by atoms with E-state index in [1.165, 1.54) is 0 Å². The summed E-state index contributed by atoms with van der Waals surface area (Å²) < 4.78 is 0. The lowest BCUT2D eigenvalue weighted by atomic mass is 10.1. The lowest BCUT2D eigenvalue weighted by Gasteiger charge is -2.14. The molecule has 22 heavy (non-hydrogen) atoms. The van der Waals surface area contributed by atoms with Crippen LogP contribution in [0, 0.1) is 6.92 Å². The van der Waals surface area contributed by atoms with E-state index >= 15 is 0 Å². The molecule has 0 aliphatic carbocycles. The van der Waals surface area contributed by atoms with Crippen molar-refractivity contribution in [2.45, 2.75) is 50.3 Å². The summed E-state index contributed by atoms with van der Waals surface area (Å²) in [7, 11) is 0. The lowest BCUT2D eigenvalue weighted by Crippen LogP contribution is -2.33. The number of amides is 1. The smallest absolute Gasteiger partial charge is 0.251 e. The Morgan fingerprint density at radius 1 is 1.27 bits per heavy atom. The highest BCUT2D eigenvalue weighted by Gasteiger charge is 2.10. The average Bonchev–Trinajstić information content (AvgIpc) is 2.96. The van der Waals surface area contributed by atoms with Crippen molar-refractivity contribution in [3.05, 3.63) is 45.9 Å². The molecule has 0 aliphatic heterocycles. The van der Waals surface area contributed by atoms with Crippen molar-refractivity contribution in [1.82, 2.24) is 10.3 Å². The molecule has 1 amide bonds. The highest BCUT2D eigenvalue weighted by molar-refractivity contribution is 7.98. The lowest BCUT2D eigenvalue weighted by molar-refractivity contribution is 0.0935. The Bertz CT molecular complexity index is 603. The fraction of sp³-hybridized carbons (Fsp3) is 0.412. The minimum Gasteiger partial charge on any atom is -0.349 e. The van der Waals surface area contributed by atoms with Crippen LogP contribution >= 0.6 is 23.1 Å². The van der Waals surface area contributed by atoms with Gasteiger partial charge in [-0.25, -0.2) is 4.98 Å². The summed E-state index contributed by atoms with van der Waals surface area (Å²) in [6.07, 6.45) is 1.92. The third kappa shape index (κ3) is 4.85. The van der Waals surface area contributed by atoms with E-state index in [0.29, 0.717) is 0 Å². The SMILES string of the molecule is CCC(CC)NC(=O)c1ccc(SCc2csc(C)n2)cc1. The van der Waals surface area contributed by atoms with Crippen molar-refractivity contribution < 1.29 is 4.79 Å². The average molecular weight is 335 g/mol. The Balaban J connectivity index is 1.90. The van der Waals surface area contributed by atoms with Crippen LogP contribution in [0.25, 0.3) is 0 Å². The number of hydrogen-bond donors (Lipinski definition) is 1. The van der Waals surface area contributed by atoms with Gasteiger partial charge in [0.1, 0.15) is 0 Å². The molecular formula is C17H22N2OS2. The molecule has 0 saturated heterocycles. The van der Waals surface area contributed by atoms with E-state index in [4.69, 9.17) is 0 Å². The van der Waals surface area contributed by atoms with Crippen molar-refractivity contribution >= 4 is 29.0 Å². The van der Waals surface area contributed by atoms with Gasteiger partial charge in [0.15, 0.2) is 0 Å². The topological polar surface area (TPSA) is 42.0 Å². The van der Waals surface area contributed by atoms with Gasteiger partial charge in [0.05, 0.1) is 10.7 Å². The largest absolute Gasteiger partial charge is 0.349 e. The van der Waals surface area contributed by atoms with E-state index in [-0.39, 0.29) is 11.9 Å². The van der Waals surface area contributed by atoms with Crippen molar-refractivity contribution in [3.63, 3.8) is 0 Å². The molecule has 118 valence electrons. The number of aromatic nitrogens is 1. The molecule has 0 saturated carbocycles. The van der Waals surface area contributed by atoms with Gasteiger partial charge in [0, 0.05) is 27.6 Å². The summed E-state index contributed by atoms with van der Waals surface area (Å²) in [5, 5.41) is 6.26. The van der Waals surface area contributed by atoms with E-state index in [9.17, 15) is 4.79 Å². The van der Waals surface area contributed by atoms with Gasteiger partial charge in [-0.3, -0.25) is 4.79 Å². The summed E-state index contributed by atoms with van der Waals surface area (Å²) in [5.74, 6) is 0.879. The maximum atomic E-state index is 12.1. The molecule has 1 N–H and O–H groups in total. The normalized spacial score (nSPS) is 10.9. The molecule has 2 rings (SSSR count). The van der Waals surface area contributed by atoms with Crippen LogP contribution < -0.4 is 5.32 Å². The van der Waals surface area contributed by atoms with Crippen LogP contribution in [0.4, 0.5) is 0 Å². The van der Waals surface area contributed by atoms with Gasteiger partial charge in [0.2, 0.25) is 0 Å². The van der Waals surface area contributed by atoms with Crippen molar-refractivity contribution in [3.8, 4) is 0 Å². The van der Waals surface area contributed by atoms with Crippen LogP contribution in [0.1, 0.15) is 47.7 Å². The van der Waals surface area contributed by atoms with Gasteiger partial charge >= 0.3 is 0 Å². The summed E-state index contributed by atoms with van der Waals surface area (Å²) in [6.45, 7) is 6.20. The predicted octanol–water partition coefficient (Wildman–Crippen LogP) is 4.66. The first-order valence-corrected chi connectivity index (χ1v) is 9.43. The second-order valence-electron chi connectivity index (χ2n) is 5.16. The third-order valence-electron chi connectivity index (χ3n) is 3.49. The molecule has 0 spiro atoms. The first kappa shape index (κ1) is 17.0. The Kier molecular flexibility index (Phi) is 6.46. The van der Waals surface area contributed by atoms with Gasteiger partial charge in [-0.1, -0.05) is 13.8 Å². The molecule has 0 atom stereocenters. The molecule has 5 heteroatoms. The standard InChI is InChI=1S/C17H22N2OS2/c1-4-14(5-2)19-17(20)13-6-8-16(9-7-13)22-11-15-10-21-12(3)18-15/h6-10,14H,4-5,11H2,1-3H3,(H,19,20). The second-order valence-corrected chi connectivity index (χ2v) is 7.27. The fourth-order valence-electron chi connectivity index (χ4n) is 2.10. The fourth-order valence-corrected chi connectivity index (χ4v) is 3.60. The summed E-state index contributed by atoms with van der Waals surface area (Å²) in [6, 6.07) is 8.06. The Morgan fingerprint density at radius 2 is 1.95 bits per heavy atom. The van der Waals surface area contributed by atoms with E-state index in [0.717, 1.165) is 39.8 Å². The number of nitrogens with zero attached hydrogens (tertiary/aromatic N) is 1. The maximum Gasteiger partial charge on any atom is 0.251 e. The molecule has 0 radical (unpaired) electrons. The zero-order valence-electron chi connectivity index (χ0n) is 13.3. The quantitative estimate of drug-likeness (QED) is 0.749. The number of rotatable bonds is 7. The number of carbonyl (C=O) groups excluding carboxylic acids is 1. The predicted molar refractivity (Wildman–Crippen MR) is 94.7 cm³/mol. The zero-order chi connectivity index (χ0) is 15.9. The van der Waals surface area contributed by atoms with Crippen LogP contribution in [0.2, 0.25) is 0 Å². The number of nitrogens with one attached hydrogen (secondary N) is 1. The zero-order valence-corrected chi connectivity index (χ0v) is 14.9. The maximum absolute atomic E-state index is 12.1. The Morgan fingerprint density at radius 3 is 2.50 bits per heavy atom. The number of thiazole rings is 1. The first-order chi connectivity index (χ1) is 10.6. The van der Waals surface area contributed by atoms with Crippen LogP contribution in [0.3, 0.4) is 0 Å². The number of hydrogen-bond acceptors (Lipinski definition) is 4. The molecule has 1 aromatic carbocycles. The number of carbonyl (C=O) groups is 1. The molecule has 0 aliphatic rings. The van der Waals surface area contributed by atoms with Gasteiger partial charge in [-0.05, 0) is 44.0 Å². The monoisotopic (exact) mass is 334 g/mol. The second kappa shape index (κ2) is 8.34. The number of thioether (sulfide) groups is 1. The third-order valence-corrected chi connectivity index (χ3v) is 5.36. The molecular weight excluding hydrogens is 312 g/mol. The van der Waals surface area contributed by atoms with Crippen LogP contribution in [0.15, 0.2) is 34.5 Å². The van der Waals surface area contributed by atoms with Gasteiger partial charge in [-0.15, -0.1) is 23.1 Å². The summed E-state index contributed by atoms with van der Waals surface area (Å²) >= 11 is 3.42. The van der Waals surface area contributed by atoms with Crippen molar-refractivity contribution in [1.29, 1.82) is 0 Å². The first-order valence-electron chi connectivity index (χ1n) is 7.57. The van der Waals surface area contributed by atoms with Crippen LogP contribution in [-0.2, 0) is 5.75 Å². The number of aryl methyl sites for hydroxylation is 1. The van der Waals surface area contributed by atoms with Crippen LogP contribution in [-0.4, -0.2) is 16.9 Å². The molecule has 1 aromatic heterocycles. The van der Waals surface area contributed by atoms with Crippen molar-refractivity contribution in [2.75, 3.05) is 0 Å². The van der Waals surface area contributed by atoms with Gasteiger partial charge in [0.25, 0.3) is 5.91 Å². The molecule has 0 bridgehead atoms. The van der Waals surface area contributed by atoms with E-state index in [2.05, 4.69) is 29.5 Å².